The van der Waals surface area contributed by atoms with Gasteiger partial charge in [-0.25, -0.2) is 10.4 Å². The fraction of sp³-hybridized carbons (Fsp3) is 0.115. The average molecular weight is 425 g/mol. The summed E-state index contributed by atoms with van der Waals surface area (Å²) in [5.74, 6) is 0.920. The number of ether oxygens (including phenoxy) is 2. The highest BCUT2D eigenvalue weighted by Gasteiger charge is 2.14. The number of hydrogen-bond donors (Lipinski definition) is 1. The van der Waals surface area contributed by atoms with Crippen molar-refractivity contribution in [1.29, 1.82) is 0 Å². The number of carbonyl (C=O) groups excluding carboxylic acids is 1. The van der Waals surface area contributed by atoms with Crippen molar-refractivity contribution in [2.75, 3.05) is 14.2 Å². The fourth-order valence-electron chi connectivity index (χ4n) is 3.44. The SMILES string of the molecule is COc1ccc(/C(C)=N\NC(=O)c2cc(-c3ccccc3)nc3ccccc23)cc1OC. The molecule has 0 fully saturated rings. The van der Waals surface area contributed by atoms with Gasteiger partial charge in [0.15, 0.2) is 11.5 Å². The molecule has 0 saturated heterocycles. The van der Waals surface area contributed by atoms with Crippen LogP contribution in [0.15, 0.2) is 84.0 Å². The first-order valence-corrected chi connectivity index (χ1v) is 10.1. The second-order valence-electron chi connectivity index (χ2n) is 7.15. The van der Waals surface area contributed by atoms with Gasteiger partial charge in [0, 0.05) is 16.5 Å². The molecule has 32 heavy (non-hydrogen) atoms. The quantitative estimate of drug-likeness (QED) is 0.346. The summed E-state index contributed by atoms with van der Waals surface area (Å²) >= 11 is 0. The van der Waals surface area contributed by atoms with Crippen LogP contribution in [-0.2, 0) is 0 Å². The van der Waals surface area contributed by atoms with E-state index in [-0.39, 0.29) is 5.91 Å². The first-order chi connectivity index (χ1) is 15.6. The van der Waals surface area contributed by atoms with E-state index in [9.17, 15) is 4.79 Å². The zero-order valence-corrected chi connectivity index (χ0v) is 18.1. The minimum atomic E-state index is -0.305. The Morgan fingerprint density at radius 1 is 0.875 bits per heavy atom. The van der Waals surface area contributed by atoms with Crippen molar-refractivity contribution in [3.63, 3.8) is 0 Å². The molecular formula is C26H23N3O3. The predicted molar refractivity (Wildman–Crippen MR) is 126 cm³/mol. The molecule has 0 spiro atoms. The summed E-state index contributed by atoms with van der Waals surface area (Å²) in [4.78, 5) is 17.8. The number of pyridine rings is 1. The number of para-hydroxylation sites is 1. The van der Waals surface area contributed by atoms with Gasteiger partial charge >= 0.3 is 0 Å². The topological polar surface area (TPSA) is 72.8 Å². The van der Waals surface area contributed by atoms with Crippen molar-refractivity contribution in [2.45, 2.75) is 6.92 Å². The maximum atomic E-state index is 13.1. The van der Waals surface area contributed by atoms with Crippen LogP contribution in [0.1, 0.15) is 22.8 Å². The number of rotatable bonds is 6. The van der Waals surface area contributed by atoms with E-state index in [2.05, 4.69) is 10.5 Å². The number of fused-ring (bicyclic) bond motifs is 1. The van der Waals surface area contributed by atoms with E-state index >= 15 is 0 Å². The number of amides is 1. The van der Waals surface area contributed by atoms with Crippen LogP contribution in [0.25, 0.3) is 22.2 Å². The minimum Gasteiger partial charge on any atom is -0.493 e. The highest BCUT2D eigenvalue weighted by molar-refractivity contribution is 6.08. The molecule has 3 aromatic carbocycles. The number of hydrazone groups is 1. The van der Waals surface area contributed by atoms with Crippen molar-refractivity contribution >= 4 is 22.5 Å². The molecule has 0 aliphatic rings. The van der Waals surface area contributed by atoms with Crippen molar-refractivity contribution in [3.05, 3.63) is 90.0 Å². The van der Waals surface area contributed by atoms with E-state index in [1.165, 1.54) is 0 Å². The largest absolute Gasteiger partial charge is 0.493 e. The zero-order valence-electron chi connectivity index (χ0n) is 18.1. The average Bonchev–Trinajstić information content (AvgIpc) is 2.86. The van der Waals surface area contributed by atoms with E-state index in [0.717, 1.165) is 27.7 Å². The maximum Gasteiger partial charge on any atom is 0.272 e. The monoisotopic (exact) mass is 425 g/mol. The summed E-state index contributed by atoms with van der Waals surface area (Å²) in [6.07, 6.45) is 0. The van der Waals surface area contributed by atoms with E-state index < -0.39 is 0 Å². The van der Waals surface area contributed by atoms with Gasteiger partial charge in [-0.1, -0.05) is 48.5 Å². The summed E-state index contributed by atoms with van der Waals surface area (Å²) in [6.45, 7) is 1.82. The zero-order chi connectivity index (χ0) is 22.5. The maximum absolute atomic E-state index is 13.1. The lowest BCUT2D eigenvalue weighted by Crippen LogP contribution is -2.20. The molecule has 6 nitrogen and oxygen atoms in total. The lowest BCUT2D eigenvalue weighted by molar-refractivity contribution is 0.0956. The molecule has 0 radical (unpaired) electrons. The molecule has 6 heteroatoms. The van der Waals surface area contributed by atoms with E-state index in [1.54, 1.807) is 26.4 Å². The van der Waals surface area contributed by atoms with Gasteiger partial charge in [-0.05, 0) is 37.3 Å². The molecular weight excluding hydrogens is 402 g/mol. The fourth-order valence-corrected chi connectivity index (χ4v) is 3.44. The van der Waals surface area contributed by atoms with E-state index in [1.807, 2.05) is 73.7 Å². The Morgan fingerprint density at radius 3 is 2.34 bits per heavy atom. The van der Waals surface area contributed by atoms with E-state index in [0.29, 0.717) is 22.8 Å². The molecule has 4 aromatic rings. The highest BCUT2D eigenvalue weighted by Crippen LogP contribution is 2.28. The van der Waals surface area contributed by atoms with Gasteiger partial charge in [0.25, 0.3) is 5.91 Å². The number of nitrogens with one attached hydrogen (secondary N) is 1. The third-order valence-corrected chi connectivity index (χ3v) is 5.16. The van der Waals surface area contributed by atoms with Crippen LogP contribution >= 0.6 is 0 Å². The van der Waals surface area contributed by atoms with Crippen LogP contribution in [0, 0.1) is 0 Å². The Hall–Kier alpha value is -4.19. The van der Waals surface area contributed by atoms with Gasteiger partial charge < -0.3 is 9.47 Å². The van der Waals surface area contributed by atoms with Crippen molar-refractivity contribution < 1.29 is 14.3 Å². The molecule has 0 aliphatic heterocycles. The third kappa shape index (κ3) is 4.30. The van der Waals surface area contributed by atoms with Crippen LogP contribution in [0.2, 0.25) is 0 Å². The van der Waals surface area contributed by atoms with Crippen LogP contribution in [0.4, 0.5) is 0 Å². The van der Waals surface area contributed by atoms with Gasteiger partial charge in [0.2, 0.25) is 0 Å². The number of aromatic nitrogens is 1. The van der Waals surface area contributed by atoms with Crippen LogP contribution in [-0.4, -0.2) is 30.8 Å². The minimum absolute atomic E-state index is 0.305. The molecule has 1 aromatic heterocycles. The summed E-state index contributed by atoms with van der Waals surface area (Å²) in [5.41, 5.74) is 7.07. The number of methoxy groups -OCH3 is 2. The van der Waals surface area contributed by atoms with Crippen molar-refractivity contribution in [1.82, 2.24) is 10.4 Å². The summed E-state index contributed by atoms with van der Waals surface area (Å²) < 4.78 is 10.6. The lowest BCUT2D eigenvalue weighted by atomic mass is 10.0. The van der Waals surface area contributed by atoms with Crippen LogP contribution in [0.3, 0.4) is 0 Å². The summed E-state index contributed by atoms with van der Waals surface area (Å²) in [5, 5.41) is 5.08. The molecule has 1 heterocycles. The van der Waals surface area contributed by atoms with E-state index in [4.69, 9.17) is 14.5 Å². The Bertz CT molecular complexity index is 1300. The molecule has 0 aliphatic carbocycles. The Kier molecular flexibility index (Phi) is 6.12. The smallest absolute Gasteiger partial charge is 0.272 e. The molecule has 1 N–H and O–H groups in total. The van der Waals surface area contributed by atoms with Crippen molar-refractivity contribution in [2.24, 2.45) is 5.10 Å². The molecule has 0 saturated carbocycles. The standard InChI is InChI=1S/C26H23N3O3/c1-17(19-13-14-24(31-2)25(15-19)32-3)28-29-26(30)21-16-23(18-9-5-4-6-10-18)27-22-12-8-7-11-20(21)22/h4-16H,1-3H3,(H,29,30)/b28-17-. The van der Waals surface area contributed by atoms with Gasteiger partial charge in [-0.2, -0.15) is 5.10 Å². The summed E-state index contributed by atoms with van der Waals surface area (Å²) in [7, 11) is 3.16. The highest BCUT2D eigenvalue weighted by atomic mass is 16.5. The van der Waals surface area contributed by atoms with Gasteiger partial charge in [-0.3, -0.25) is 4.79 Å². The Labute approximate surface area is 186 Å². The first-order valence-electron chi connectivity index (χ1n) is 10.1. The van der Waals surface area contributed by atoms with Gasteiger partial charge in [-0.15, -0.1) is 0 Å². The molecule has 160 valence electrons. The molecule has 4 rings (SSSR count). The van der Waals surface area contributed by atoms with Crippen molar-refractivity contribution in [3.8, 4) is 22.8 Å². The van der Waals surface area contributed by atoms with Gasteiger partial charge in [0.1, 0.15) is 0 Å². The summed E-state index contributed by atoms with van der Waals surface area (Å²) in [6, 6.07) is 24.7. The Morgan fingerprint density at radius 2 is 1.59 bits per heavy atom. The van der Waals surface area contributed by atoms with Crippen LogP contribution in [0.5, 0.6) is 11.5 Å². The molecule has 1 amide bonds. The normalized spacial score (nSPS) is 11.3. The number of hydrogen-bond acceptors (Lipinski definition) is 5. The molecule has 0 atom stereocenters. The first kappa shape index (κ1) is 21.1. The lowest BCUT2D eigenvalue weighted by Gasteiger charge is -2.11. The second kappa shape index (κ2) is 9.31. The predicted octanol–water partition coefficient (Wildman–Crippen LogP) is 5.07. The number of nitrogens with zero attached hydrogens (tertiary/aromatic N) is 2. The molecule has 0 bridgehead atoms. The second-order valence-corrected chi connectivity index (χ2v) is 7.15. The molecule has 0 unspecified atom stereocenters. The Balaban J connectivity index is 1.67. The third-order valence-electron chi connectivity index (χ3n) is 5.16. The number of carbonyl (C=O) groups is 1. The number of benzene rings is 3. The van der Waals surface area contributed by atoms with Crippen LogP contribution < -0.4 is 14.9 Å². The van der Waals surface area contributed by atoms with Gasteiger partial charge in [0.05, 0.1) is 36.7 Å².